The number of nitrogens with zero attached hydrogens (tertiary/aromatic N) is 1. The fraction of sp³-hybridized carbons (Fsp3) is 0.160. The monoisotopic (exact) mass is 492 g/mol. The molecule has 1 heterocycles. The molecule has 1 aromatic heterocycles. The van der Waals surface area contributed by atoms with Crippen LogP contribution in [0.2, 0.25) is 0 Å². The summed E-state index contributed by atoms with van der Waals surface area (Å²) in [6, 6.07) is 16.0. The van der Waals surface area contributed by atoms with E-state index in [2.05, 4.69) is 27.0 Å². The molecule has 162 valence electrons. The number of nitrogens with one attached hydrogen (secondary N) is 1. The number of hydrogen-bond donors (Lipinski definition) is 1. The summed E-state index contributed by atoms with van der Waals surface area (Å²) >= 11 is 3.53. The summed E-state index contributed by atoms with van der Waals surface area (Å²) < 4.78 is 23.3. The number of aromatic nitrogens is 2. The quantitative estimate of drug-likeness (QED) is 0.290. The molecular formula is C25H21BrN2O4. The van der Waals surface area contributed by atoms with Gasteiger partial charge in [0.2, 0.25) is 0 Å². The lowest BCUT2D eigenvalue weighted by Crippen LogP contribution is -1.95. The van der Waals surface area contributed by atoms with Gasteiger partial charge in [-0.15, -0.1) is 0 Å². The van der Waals surface area contributed by atoms with E-state index in [9.17, 15) is 0 Å². The molecule has 0 bridgehead atoms. The molecule has 0 aliphatic heterocycles. The number of fused-ring (bicyclic) bond motifs is 4. The van der Waals surface area contributed by atoms with Crippen LogP contribution < -0.4 is 18.9 Å². The normalized spacial score (nSPS) is 11.3. The molecule has 6 nitrogen and oxygen atoms in total. The van der Waals surface area contributed by atoms with Gasteiger partial charge in [0.05, 0.1) is 39.5 Å². The molecule has 0 fully saturated rings. The zero-order valence-electron chi connectivity index (χ0n) is 18.1. The molecule has 0 amide bonds. The first kappa shape index (κ1) is 20.5. The Morgan fingerprint density at radius 3 is 1.94 bits per heavy atom. The van der Waals surface area contributed by atoms with Crippen molar-refractivity contribution in [2.75, 3.05) is 28.4 Å². The smallest absolute Gasteiger partial charge is 0.161 e. The second-order valence-electron chi connectivity index (χ2n) is 7.35. The predicted molar refractivity (Wildman–Crippen MR) is 130 cm³/mol. The van der Waals surface area contributed by atoms with Crippen molar-refractivity contribution in [3.63, 3.8) is 0 Å². The molecular weight excluding hydrogens is 472 g/mol. The van der Waals surface area contributed by atoms with Gasteiger partial charge in [-0.1, -0.05) is 15.9 Å². The Kier molecular flexibility index (Phi) is 5.06. The second-order valence-corrected chi connectivity index (χ2v) is 8.27. The van der Waals surface area contributed by atoms with Crippen LogP contribution in [0.3, 0.4) is 0 Å². The summed E-state index contributed by atoms with van der Waals surface area (Å²) in [6.07, 6.45) is 0. The maximum atomic E-state index is 5.60. The minimum Gasteiger partial charge on any atom is -0.493 e. The van der Waals surface area contributed by atoms with Gasteiger partial charge in [-0.05, 0) is 70.1 Å². The number of halogens is 1. The molecule has 0 aliphatic rings. The third kappa shape index (κ3) is 3.20. The highest BCUT2D eigenvalue weighted by atomic mass is 79.9. The van der Waals surface area contributed by atoms with E-state index in [1.54, 1.807) is 28.4 Å². The van der Waals surface area contributed by atoms with Crippen LogP contribution in [0.4, 0.5) is 0 Å². The van der Waals surface area contributed by atoms with E-state index in [1.807, 2.05) is 42.5 Å². The minimum absolute atomic E-state index is 0.653. The number of imidazole rings is 1. The summed E-state index contributed by atoms with van der Waals surface area (Å²) in [5, 5.41) is 4.00. The number of hydrogen-bond acceptors (Lipinski definition) is 5. The third-order valence-electron chi connectivity index (χ3n) is 5.66. The average Bonchev–Trinajstić information content (AvgIpc) is 3.24. The topological polar surface area (TPSA) is 65.6 Å². The lowest BCUT2D eigenvalue weighted by Gasteiger charge is -2.15. The van der Waals surface area contributed by atoms with Crippen LogP contribution in [0, 0.1) is 0 Å². The van der Waals surface area contributed by atoms with Gasteiger partial charge in [-0.2, -0.15) is 0 Å². The number of ether oxygens (including phenoxy) is 4. The second kappa shape index (κ2) is 7.91. The summed E-state index contributed by atoms with van der Waals surface area (Å²) in [5.41, 5.74) is 2.80. The molecule has 0 aliphatic carbocycles. The van der Waals surface area contributed by atoms with Gasteiger partial charge in [0.1, 0.15) is 5.82 Å². The Labute approximate surface area is 193 Å². The lowest BCUT2D eigenvalue weighted by atomic mass is 9.95. The molecule has 0 atom stereocenters. The van der Waals surface area contributed by atoms with Crippen molar-refractivity contribution in [1.82, 2.24) is 9.97 Å². The van der Waals surface area contributed by atoms with Gasteiger partial charge in [-0.25, -0.2) is 4.98 Å². The van der Waals surface area contributed by atoms with E-state index >= 15 is 0 Å². The zero-order chi connectivity index (χ0) is 22.4. The maximum Gasteiger partial charge on any atom is 0.161 e. The zero-order valence-corrected chi connectivity index (χ0v) is 19.7. The molecule has 0 unspecified atom stereocenters. The van der Waals surface area contributed by atoms with E-state index < -0.39 is 0 Å². The summed E-state index contributed by atoms with van der Waals surface area (Å²) in [6.45, 7) is 0. The number of aromatic amines is 1. The first-order valence-electron chi connectivity index (χ1n) is 9.96. The first-order valence-corrected chi connectivity index (χ1v) is 10.8. The maximum absolute atomic E-state index is 5.60. The third-order valence-corrected chi connectivity index (χ3v) is 6.15. The molecule has 0 spiro atoms. The van der Waals surface area contributed by atoms with Crippen molar-refractivity contribution in [1.29, 1.82) is 0 Å². The standard InChI is InChI=1S/C25H21BrN2O4/c1-29-21-8-13-7-18(25-27-19-6-5-14(26)9-20(19)28-25)17-12-24(32-4)23(31-3)11-16(17)15(13)10-22(21)30-2/h5-12H,1-4H3,(H,27,28). The highest BCUT2D eigenvalue weighted by Crippen LogP contribution is 2.43. The SMILES string of the molecule is COc1cc2cc(-c3nc4ccc(Br)cc4[nH]3)c3cc(OC)c(OC)cc3c2cc1OC. The Morgan fingerprint density at radius 1 is 0.688 bits per heavy atom. The molecule has 32 heavy (non-hydrogen) atoms. The lowest BCUT2D eigenvalue weighted by molar-refractivity contribution is 0.355. The number of methoxy groups -OCH3 is 4. The van der Waals surface area contributed by atoms with Gasteiger partial charge in [0.25, 0.3) is 0 Å². The molecule has 5 aromatic rings. The van der Waals surface area contributed by atoms with Gasteiger partial charge in [0.15, 0.2) is 23.0 Å². The Morgan fingerprint density at radius 2 is 1.28 bits per heavy atom. The van der Waals surface area contributed by atoms with Gasteiger partial charge in [0, 0.05) is 10.0 Å². The van der Waals surface area contributed by atoms with Crippen molar-refractivity contribution >= 4 is 48.5 Å². The largest absolute Gasteiger partial charge is 0.493 e. The van der Waals surface area contributed by atoms with E-state index in [1.165, 1.54) is 0 Å². The van der Waals surface area contributed by atoms with Crippen LogP contribution in [-0.2, 0) is 0 Å². The van der Waals surface area contributed by atoms with E-state index in [-0.39, 0.29) is 0 Å². The number of H-pyrrole nitrogens is 1. The minimum atomic E-state index is 0.653. The highest BCUT2D eigenvalue weighted by molar-refractivity contribution is 9.10. The molecule has 0 saturated heterocycles. The van der Waals surface area contributed by atoms with E-state index in [0.717, 1.165) is 48.4 Å². The molecule has 0 saturated carbocycles. The first-order chi connectivity index (χ1) is 15.6. The van der Waals surface area contributed by atoms with Crippen LogP contribution >= 0.6 is 15.9 Å². The number of rotatable bonds is 5. The van der Waals surface area contributed by atoms with Gasteiger partial charge in [-0.3, -0.25) is 0 Å². The van der Waals surface area contributed by atoms with Crippen molar-refractivity contribution in [2.45, 2.75) is 0 Å². The summed E-state index contributed by atoms with van der Waals surface area (Å²) in [4.78, 5) is 8.31. The van der Waals surface area contributed by atoms with Crippen LogP contribution in [0.5, 0.6) is 23.0 Å². The highest BCUT2D eigenvalue weighted by Gasteiger charge is 2.18. The fourth-order valence-corrected chi connectivity index (χ4v) is 4.47. The molecule has 1 N–H and O–H groups in total. The van der Waals surface area contributed by atoms with Gasteiger partial charge < -0.3 is 23.9 Å². The van der Waals surface area contributed by atoms with Crippen molar-refractivity contribution < 1.29 is 18.9 Å². The van der Waals surface area contributed by atoms with Crippen LogP contribution in [0.15, 0.2) is 53.0 Å². The molecule has 7 heteroatoms. The summed E-state index contributed by atoms with van der Waals surface area (Å²) in [5.74, 6) is 3.41. The number of benzene rings is 4. The van der Waals surface area contributed by atoms with Crippen LogP contribution in [0.25, 0.3) is 44.0 Å². The van der Waals surface area contributed by atoms with E-state index in [4.69, 9.17) is 23.9 Å². The van der Waals surface area contributed by atoms with E-state index in [0.29, 0.717) is 23.0 Å². The average molecular weight is 493 g/mol. The Balaban J connectivity index is 1.91. The molecule has 0 radical (unpaired) electrons. The molecule has 5 rings (SSSR count). The van der Waals surface area contributed by atoms with Crippen LogP contribution in [0.1, 0.15) is 0 Å². The fourth-order valence-electron chi connectivity index (χ4n) is 4.11. The Bertz CT molecular complexity index is 1490. The summed E-state index contributed by atoms with van der Waals surface area (Å²) in [7, 11) is 6.54. The van der Waals surface area contributed by atoms with Crippen LogP contribution in [-0.4, -0.2) is 38.4 Å². The predicted octanol–water partition coefficient (Wildman–Crippen LogP) is 6.33. The van der Waals surface area contributed by atoms with Crippen molar-refractivity contribution in [2.24, 2.45) is 0 Å². The van der Waals surface area contributed by atoms with Gasteiger partial charge >= 0.3 is 0 Å². The van der Waals surface area contributed by atoms with Crippen molar-refractivity contribution in [3.8, 4) is 34.4 Å². The van der Waals surface area contributed by atoms with Crippen molar-refractivity contribution in [3.05, 3.63) is 53.0 Å². The Hall–Kier alpha value is -3.45. The molecule has 4 aromatic carbocycles.